The zero-order valence-corrected chi connectivity index (χ0v) is 37.0. The summed E-state index contributed by atoms with van der Waals surface area (Å²) in [5, 5.41) is 79.0. The van der Waals surface area contributed by atoms with Gasteiger partial charge in [0.15, 0.2) is 17.9 Å². The average molecular weight is 916 g/mol. The number of phenols is 1. The number of fused-ring (bicyclic) bond motifs is 2. The maximum absolute atomic E-state index is 15.6. The minimum Gasteiger partial charge on any atom is -0.507 e. The second-order valence-corrected chi connectivity index (χ2v) is 17.8. The molecule has 1 saturated carbocycles. The number of carbonyl (C=O) groups excluding carboxylic acids is 4. The molecule has 4 aromatic rings. The largest absolute Gasteiger partial charge is 0.507 e. The van der Waals surface area contributed by atoms with Crippen molar-refractivity contribution in [3.05, 3.63) is 121 Å². The summed E-state index contributed by atoms with van der Waals surface area (Å²) < 4.78 is 18.0. The molecule has 4 aromatic carbocycles. The molecule has 1 heterocycles. The maximum Gasteiger partial charge on any atom is 0.308 e. The van der Waals surface area contributed by atoms with Gasteiger partial charge in [0.1, 0.15) is 35.6 Å². The average Bonchev–Trinajstić information content (AvgIpc) is 3.75. The number of carbonyl (C=O) groups is 4. The minimum absolute atomic E-state index is 0.0164. The van der Waals surface area contributed by atoms with Crippen molar-refractivity contribution in [3.63, 3.8) is 0 Å². The van der Waals surface area contributed by atoms with Gasteiger partial charge in [0.25, 0.3) is 0 Å². The van der Waals surface area contributed by atoms with E-state index in [9.17, 15) is 45.3 Å². The lowest BCUT2D eigenvalue weighted by molar-refractivity contribution is -0.268. The van der Waals surface area contributed by atoms with E-state index >= 15 is 9.59 Å². The fourth-order valence-corrected chi connectivity index (χ4v) is 9.82. The summed E-state index contributed by atoms with van der Waals surface area (Å²) in [6.45, 7) is 1.78. The molecule has 15 heteroatoms. The molecule has 4 aliphatic rings. The lowest BCUT2D eigenvalue weighted by atomic mass is 9.75. The summed E-state index contributed by atoms with van der Waals surface area (Å²) in [5.74, 6) is 2.18. The molecule has 0 unspecified atom stereocenters. The minimum atomic E-state index is -1.90. The van der Waals surface area contributed by atoms with Crippen LogP contribution in [0.5, 0.6) is 17.2 Å². The Bertz CT molecular complexity index is 2740. The van der Waals surface area contributed by atoms with Crippen molar-refractivity contribution in [2.45, 2.75) is 127 Å². The molecule has 1 aliphatic heterocycles. The molecule has 1 saturated heterocycles. The van der Waals surface area contributed by atoms with Crippen molar-refractivity contribution in [3.8, 4) is 29.1 Å². The first kappa shape index (κ1) is 47.4. The van der Waals surface area contributed by atoms with E-state index in [0.29, 0.717) is 30.3 Å². The predicted octanol–water partition coefficient (Wildman–Crippen LogP) is 3.70. The number of rotatable bonds is 8. The van der Waals surface area contributed by atoms with Crippen LogP contribution in [-0.4, -0.2) is 102 Å². The molecule has 0 amide bonds. The van der Waals surface area contributed by atoms with E-state index in [1.54, 1.807) is 36.4 Å². The highest BCUT2D eigenvalue weighted by molar-refractivity contribution is 6.32. The first-order valence-electron chi connectivity index (χ1n) is 22.4. The highest BCUT2D eigenvalue weighted by atomic mass is 16.7. The molecule has 0 aromatic heterocycles. The van der Waals surface area contributed by atoms with Crippen LogP contribution in [0.25, 0.3) is 12.2 Å². The normalized spacial score (nSPS) is 25.0. The van der Waals surface area contributed by atoms with Crippen molar-refractivity contribution in [2.75, 3.05) is 0 Å². The summed E-state index contributed by atoms with van der Waals surface area (Å²) in [4.78, 5) is 56.5. The lowest BCUT2D eigenvalue weighted by Crippen LogP contribution is -2.58. The van der Waals surface area contributed by atoms with Crippen LogP contribution in [0.1, 0.15) is 139 Å². The molecule has 350 valence electrons. The van der Waals surface area contributed by atoms with Gasteiger partial charge in [0.2, 0.25) is 6.29 Å². The van der Waals surface area contributed by atoms with E-state index in [2.05, 4.69) is 11.8 Å². The second-order valence-electron chi connectivity index (χ2n) is 17.8. The number of esters is 1. The molecule has 0 spiro atoms. The SMILES string of the molecule is CC(=O)Oc1cc(CO)c2c3c1/C=C/c1cccc(c1)C[C@H](O)CC[C@@H](N)C#CCc1c(O[C@H]4O[C@@H](C)[C@@H](O)[C@@H](O)[C@H]4O)c(Cc4cccc(C5(O)CCCC5)c4C=O)c(O)c(c1C3=O)C2=O. The van der Waals surface area contributed by atoms with Gasteiger partial charge in [0, 0.05) is 58.7 Å². The number of hydrogen-bond acceptors (Lipinski definition) is 15. The number of benzene rings is 4. The first-order chi connectivity index (χ1) is 32.0. The Morgan fingerprint density at radius 2 is 1.66 bits per heavy atom. The van der Waals surface area contributed by atoms with Gasteiger partial charge in [-0.15, -0.1) is 0 Å². The van der Waals surface area contributed by atoms with Gasteiger partial charge in [-0.25, -0.2) is 0 Å². The number of aromatic hydroxyl groups is 1. The molecule has 3 aliphatic carbocycles. The van der Waals surface area contributed by atoms with Crippen LogP contribution in [0.4, 0.5) is 0 Å². The van der Waals surface area contributed by atoms with Crippen molar-refractivity contribution in [1.82, 2.24) is 0 Å². The molecule has 0 radical (unpaired) electrons. The molecule has 67 heavy (non-hydrogen) atoms. The van der Waals surface area contributed by atoms with Crippen molar-refractivity contribution < 1.29 is 69.1 Å². The van der Waals surface area contributed by atoms with Gasteiger partial charge in [-0.05, 0) is 79.0 Å². The molecule has 9 N–H and O–H groups in total. The topological polar surface area (TPSA) is 264 Å². The predicted molar refractivity (Wildman–Crippen MR) is 242 cm³/mol. The maximum atomic E-state index is 15.6. The van der Waals surface area contributed by atoms with Crippen molar-refractivity contribution >= 4 is 36.0 Å². The third-order valence-corrected chi connectivity index (χ3v) is 13.3. The van der Waals surface area contributed by atoms with E-state index in [-0.39, 0.29) is 81.7 Å². The highest BCUT2D eigenvalue weighted by Gasteiger charge is 2.46. The van der Waals surface area contributed by atoms with E-state index in [1.165, 1.54) is 19.1 Å². The zero-order chi connectivity index (χ0) is 47.9. The summed E-state index contributed by atoms with van der Waals surface area (Å²) >= 11 is 0. The van der Waals surface area contributed by atoms with Crippen LogP contribution in [0.15, 0.2) is 48.5 Å². The Morgan fingerprint density at radius 1 is 0.925 bits per heavy atom. The lowest BCUT2D eigenvalue weighted by Gasteiger charge is -2.39. The van der Waals surface area contributed by atoms with Crippen molar-refractivity contribution in [2.24, 2.45) is 5.73 Å². The van der Waals surface area contributed by atoms with Gasteiger partial charge in [-0.2, -0.15) is 0 Å². The summed E-state index contributed by atoms with van der Waals surface area (Å²) in [7, 11) is 0. The quantitative estimate of drug-likeness (QED) is 0.0478. The molecule has 15 nitrogen and oxygen atoms in total. The van der Waals surface area contributed by atoms with Crippen LogP contribution < -0.4 is 15.2 Å². The van der Waals surface area contributed by atoms with E-state index in [4.69, 9.17) is 19.9 Å². The van der Waals surface area contributed by atoms with Crippen molar-refractivity contribution in [1.29, 1.82) is 0 Å². The summed E-state index contributed by atoms with van der Waals surface area (Å²) in [6, 6.07) is 12.6. The molecular formula is C52H53NO14. The number of aliphatic hydroxyl groups excluding tert-OH is 5. The van der Waals surface area contributed by atoms with Gasteiger partial charge < -0.3 is 55.7 Å². The first-order valence-corrected chi connectivity index (χ1v) is 22.4. The zero-order valence-electron chi connectivity index (χ0n) is 37.0. The Balaban J connectivity index is 1.44. The number of ketones is 2. The Morgan fingerprint density at radius 3 is 2.37 bits per heavy atom. The Kier molecular flexibility index (Phi) is 13.6. The third-order valence-electron chi connectivity index (χ3n) is 13.3. The van der Waals surface area contributed by atoms with Crippen LogP contribution in [-0.2, 0) is 41.0 Å². The van der Waals surface area contributed by atoms with Gasteiger partial charge in [-0.3, -0.25) is 19.2 Å². The molecule has 8 rings (SSSR count). The summed E-state index contributed by atoms with van der Waals surface area (Å²) in [5.41, 5.74) is 5.51. The number of nitrogens with two attached hydrogens (primary N) is 1. The number of hydrogen-bond donors (Lipinski definition) is 8. The fourth-order valence-electron chi connectivity index (χ4n) is 9.82. The number of ether oxygens (including phenoxy) is 3. The van der Waals surface area contributed by atoms with E-state index in [0.717, 1.165) is 25.3 Å². The van der Waals surface area contributed by atoms with Crippen LogP contribution >= 0.6 is 0 Å². The fraction of sp³-hybridized carbons (Fsp3) is 0.385. The Hall–Kier alpha value is -6.06. The smallest absolute Gasteiger partial charge is 0.308 e. The molecule has 2 fully saturated rings. The Labute approximate surface area is 386 Å². The highest BCUT2D eigenvalue weighted by Crippen LogP contribution is 2.49. The van der Waals surface area contributed by atoms with Gasteiger partial charge >= 0.3 is 5.97 Å². The monoisotopic (exact) mass is 915 g/mol. The van der Waals surface area contributed by atoms with Gasteiger partial charge in [0.05, 0.1) is 36.0 Å². The molecular weight excluding hydrogens is 863 g/mol. The number of phenolic OH excluding ortho intramolecular Hbond substituents is 1. The standard InChI is InChI=1S/C52H53NO14/c1-26-44(58)48(62)49(63)51(65-26)67-50-35-12-7-11-32(53)15-16-33(57)21-29-9-5-8-28(20-29)14-17-34-39(66-27(2)56)23-31(24-54)40-41(34)47(61)42(35)43(46(40)60)45(59)36(50)22-30-10-6-13-38(37(30)25-55)52(64)18-3-4-19-52/h5-6,8-10,13-14,17,20,23,25-26,32-33,44,48-49,51,54,57-59,62-64H,3-4,12,15-16,18-19,21-22,24,53H2,1-2H3/b17-14+/t26-,32-,33+,44+,48+,49+,51+/m0/s1. The summed E-state index contributed by atoms with van der Waals surface area (Å²) in [6.07, 6.45) is -2.83. The molecule has 7 atom stereocenters. The van der Waals surface area contributed by atoms with Crippen LogP contribution in [0, 0.1) is 11.8 Å². The van der Waals surface area contributed by atoms with E-state index < -0.39 is 95.9 Å². The van der Waals surface area contributed by atoms with Crippen LogP contribution in [0.3, 0.4) is 0 Å². The third kappa shape index (κ3) is 9.07. The number of aldehydes is 1. The second kappa shape index (κ2) is 19.3. The molecule has 4 bridgehead atoms. The van der Waals surface area contributed by atoms with E-state index in [1.807, 2.05) is 12.1 Å². The van der Waals surface area contributed by atoms with Crippen LogP contribution in [0.2, 0.25) is 0 Å². The number of aliphatic hydroxyl groups is 6. The van der Waals surface area contributed by atoms with Gasteiger partial charge in [-0.1, -0.05) is 73.2 Å².